The van der Waals surface area contributed by atoms with Crippen molar-refractivity contribution in [3.63, 3.8) is 0 Å². The summed E-state index contributed by atoms with van der Waals surface area (Å²) >= 11 is 0. The van der Waals surface area contributed by atoms with Gasteiger partial charge in [-0.15, -0.1) is 0 Å². The molecule has 0 bridgehead atoms. The van der Waals surface area contributed by atoms with E-state index in [1.807, 2.05) is 6.92 Å². The standard InChI is InChI=1S/C23H33NO11/c1-8-15(6)24-23(19(25)26,35-20(27)30-7)12-16-9-10-17(33-21(28)31-13(2)3)18(11-16)34-22(29)32-14(4)5/h9-11,13-15,24H,8,12H2,1-7H3,(H,25,26)/t15?,23-/m0/s1. The molecule has 12 nitrogen and oxygen atoms in total. The van der Waals surface area contributed by atoms with E-state index >= 15 is 0 Å². The molecule has 0 aliphatic heterocycles. The number of benzene rings is 1. The molecule has 0 aliphatic rings. The zero-order chi connectivity index (χ0) is 26.8. The van der Waals surface area contributed by atoms with Gasteiger partial charge in [-0.25, -0.2) is 19.2 Å². The van der Waals surface area contributed by atoms with Crippen LogP contribution < -0.4 is 14.8 Å². The number of carbonyl (C=O) groups is 4. The molecule has 0 heterocycles. The summed E-state index contributed by atoms with van der Waals surface area (Å²) in [5.74, 6) is -1.90. The Balaban J connectivity index is 3.42. The van der Waals surface area contributed by atoms with Gasteiger partial charge in [0.1, 0.15) is 0 Å². The van der Waals surface area contributed by atoms with E-state index in [-0.39, 0.29) is 23.1 Å². The van der Waals surface area contributed by atoms with Crippen LogP contribution in [-0.2, 0) is 30.2 Å². The van der Waals surface area contributed by atoms with Gasteiger partial charge in [-0.3, -0.25) is 5.32 Å². The number of hydrogen-bond acceptors (Lipinski definition) is 11. The number of carboxylic acid groups (broad SMARTS) is 1. The molecule has 0 aliphatic carbocycles. The highest BCUT2D eigenvalue weighted by atomic mass is 16.8. The lowest BCUT2D eigenvalue weighted by Crippen LogP contribution is -2.59. The van der Waals surface area contributed by atoms with Crippen LogP contribution in [0.25, 0.3) is 0 Å². The van der Waals surface area contributed by atoms with Crippen LogP contribution in [0.1, 0.15) is 53.5 Å². The van der Waals surface area contributed by atoms with Crippen LogP contribution in [0.5, 0.6) is 11.5 Å². The van der Waals surface area contributed by atoms with Gasteiger partial charge in [0.2, 0.25) is 0 Å². The molecule has 0 aromatic heterocycles. The van der Waals surface area contributed by atoms with E-state index in [4.69, 9.17) is 23.7 Å². The average Bonchev–Trinajstić information content (AvgIpc) is 2.73. The Kier molecular flexibility index (Phi) is 11.3. The summed E-state index contributed by atoms with van der Waals surface area (Å²) in [6.45, 7) is 10.0. The topological polar surface area (TPSA) is 156 Å². The lowest BCUT2D eigenvalue weighted by molar-refractivity contribution is -0.166. The summed E-state index contributed by atoms with van der Waals surface area (Å²) in [6.07, 6.45) is -4.15. The maximum atomic E-state index is 12.2. The Morgan fingerprint density at radius 3 is 1.91 bits per heavy atom. The van der Waals surface area contributed by atoms with Crippen LogP contribution in [0.15, 0.2) is 18.2 Å². The zero-order valence-electron chi connectivity index (χ0n) is 20.9. The number of carbonyl (C=O) groups excluding carboxylic acids is 3. The maximum Gasteiger partial charge on any atom is 0.514 e. The SMILES string of the molecule is CCC(C)N[C@@](Cc1ccc(OC(=O)OC(C)C)c(OC(=O)OC(C)C)c1)(OC(=O)OC)C(=O)O. The van der Waals surface area contributed by atoms with Gasteiger partial charge in [0, 0.05) is 12.5 Å². The first-order valence-corrected chi connectivity index (χ1v) is 11.0. The van der Waals surface area contributed by atoms with Gasteiger partial charge in [-0.05, 0) is 58.7 Å². The number of rotatable bonds is 11. The summed E-state index contributed by atoms with van der Waals surface area (Å²) in [5, 5.41) is 12.7. The minimum absolute atomic E-state index is 0.176. The van der Waals surface area contributed by atoms with Crippen molar-refractivity contribution in [3.05, 3.63) is 23.8 Å². The van der Waals surface area contributed by atoms with Crippen molar-refractivity contribution in [2.75, 3.05) is 7.11 Å². The molecule has 2 atom stereocenters. The fourth-order valence-electron chi connectivity index (χ4n) is 2.71. The third-order valence-corrected chi connectivity index (χ3v) is 4.37. The maximum absolute atomic E-state index is 12.2. The van der Waals surface area contributed by atoms with E-state index in [1.54, 1.807) is 34.6 Å². The molecule has 1 aromatic carbocycles. The highest BCUT2D eigenvalue weighted by Gasteiger charge is 2.44. The van der Waals surface area contributed by atoms with E-state index in [1.165, 1.54) is 18.2 Å². The first-order chi connectivity index (χ1) is 16.3. The van der Waals surface area contributed by atoms with E-state index in [0.717, 1.165) is 7.11 Å². The molecule has 0 radical (unpaired) electrons. The third-order valence-electron chi connectivity index (χ3n) is 4.37. The number of aliphatic carboxylic acids is 1. The van der Waals surface area contributed by atoms with Crippen LogP contribution in [0.4, 0.5) is 14.4 Å². The molecule has 0 spiro atoms. The minimum atomic E-state index is -2.21. The summed E-state index contributed by atoms with van der Waals surface area (Å²) in [5.41, 5.74) is -1.96. The Morgan fingerprint density at radius 1 is 0.914 bits per heavy atom. The van der Waals surface area contributed by atoms with E-state index in [0.29, 0.717) is 6.42 Å². The number of carboxylic acids is 1. The van der Waals surface area contributed by atoms with E-state index in [9.17, 15) is 24.3 Å². The van der Waals surface area contributed by atoms with Crippen molar-refractivity contribution in [3.8, 4) is 11.5 Å². The summed E-state index contributed by atoms with van der Waals surface area (Å²) in [7, 11) is 1.05. The van der Waals surface area contributed by atoms with Crippen molar-refractivity contribution in [1.82, 2.24) is 5.32 Å². The van der Waals surface area contributed by atoms with Crippen molar-refractivity contribution >= 4 is 24.4 Å². The molecule has 196 valence electrons. The van der Waals surface area contributed by atoms with Crippen molar-refractivity contribution in [2.24, 2.45) is 0 Å². The van der Waals surface area contributed by atoms with Crippen LogP contribution in [0.2, 0.25) is 0 Å². The Hall–Kier alpha value is -3.54. The Bertz CT molecular complexity index is 899. The second-order valence-corrected chi connectivity index (χ2v) is 8.14. The van der Waals surface area contributed by atoms with Gasteiger partial charge < -0.3 is 33.5 Å². The predicted octanol–water partition coefficient (Wildman–Crippen LogP) is 4.03. The van der Waals surface area contributed by atoms with Crippen molar-refractivity contribution in [1.29, 1.82) is 0 Å². The Morgan fingerprint density at radius 2 is 1.46 bits per heavy atom. The largest absolute Gasteiger partial charge is 0.514 e. The normalized spacial score (nSPS) is 13.4. The van der Waals surface area contributed by atoms with Crippen molar-refractivity contribution in [2.45, 2.75) is 78.4 Å². The molecule has 1 unspecified atom stereocenters. The molecular formula is C23H33NO11. The molecular weight excluding hydrogens is 466 g/mol. The quantitative estimate of drug-likeness (QED) is 0.195. The molecule has 1 rings (SSSR count). The van der Waals surface area contributed by atoms with Crippen LogP contribution >= 0.6 is 0 Å². The van der Waals surface area contributed by atoms with Gasteiger partial charge in [0.25, 0.3) is 5.72 Å². The molecule has 35 heavy (non-hydrogen) atoms. The number of nitrogens with one attached hydrogen (secondary N) is 1. The zero-order valence-corrected chi connectivity index (χ0v) is 20.9. The fourth-order valence-corrected chi connectivity index (χ4v) is 2.71. The molecule has 0 fully saturated rings. The third kappa shape index (κ3) is 9.69. The van der Waals surface area contributed by atoms with Gasteiger partial charge in [0.05, 0.1) is 19.3 Å². The smallest absolute Gasteiger partial charge is 0.477 e. The van der Waals surface area contributed by atoms with Crippen LogP contribution in [0, 0.1) is 0 Å². The van der Waals surface area contributed by atoms with E-state index in [2.05, 4.69) is 10.1 Å². The Labute approximate surface area is 203 Å². The van der Waals surface area contributed by atoms with Gasteiger partial charge >= 0.3 is 24.4 Å². The fraction of sp³-hybridized carbons (Fsp3) is 0.565. The molecule has 0 saturated heterocycles. The molecule has 1 aromatic rings. The van der Waals surface area contributed by atoms with Gasteiger partial charge in [-0.1, -0.05) is 13.0 Å². The molecule has 12 heteroatoms. The van der Waals surface area contributed by atoms with Gasteiger partial charge in [0.15, 0.2) is 11.5 Å². The minimum Gasteiger partial charge on any atom is -0.477 e. The lowest BCUT2D eigenvalue weighted by Gasteiger charge is -2.32. The summed E-state index contributed by atoms with van der Waals surface area (Å²) in [4.78, 5) is 48.2. The van der Waals surface area contributed by atoms with Crippen LogP contribution in [-0.4, -0.2) is 60.6 Å². The first-order valence-electron chi connectivity index (χ1n) is 11.0. The van der Waals surface area contributed by atoms with Crippen LogP contribution in [0.3, 0.4) is 0 Å². The summed E-state index contributed by atoms with van der Waals surface area (Å²) < 4.78 is 29.8. The molecule has 0 amide bonds. The first kappa shape index (κ1) is 29.5. The second-order valence-electron chi connectivity index (χ2n) is 8.14. The highest BCUT2D eigenvalue weighted by Crippen LogP contribution is 2.31. The number of methoxy groups -OCH3 is 1. The predicted molar refractivity (Wildman–Crippen MR) is 121 cm³/mol. The molecule has 2 N–H and O–H groups in total. The number of ether oxygens (including phenoxy) is 6. The lowest BCUT2D eigenvalue weighted by atomic mass is 10.00. The second kappa shape index (κ2) is 13.4. The van der Waals surface area contributed by atoms with Gasteiger partial charge in [-0.2, -0.15) is 0 Å². The monoisotopic (exact) mass is 499 g/mol. The summed E-state index contributed by atoms with van der Waals surface area (Å²) in [6, 6.07) is 3.59. The highest BCUT2D eigenvalue weighted by molar-refractivity contribution is 5.80. The number of hydrogen-bond donors (Lipinski definition) is 2. The van der Waals surface area contributed by atoms with Crippen molar-refractivity contribution < 1.29 is 52.7 Å². The molecule has 0 saturated carbocycles. The van der Waals surface area contributed by atoms with E-state index < -0.39 is 48.8 Å². The average molecular weight is 500 g/mol.